The van der Waals surface area contributed by atoms with Crippen molar-refractivity contribution >= 4 is 17.6 Å². The minimum Gasteiger partial charge on any atom is -0.476 e. The Morgan fingerprint density at radius 2 is 2.00 bits per heavy atom. The van der Waals surface area contributed by atoms with Crippen LogP contribution in [-0.4, -0.2) is 20.9 Å². The van der Waals surface area contributed by atoms with Crippen molar-refractivity contribution in [2.45, 2.75) is 0 Å². The number of hydrogen-bond acceptors (Lipinski definition) is 2. The van der Waals surface area contributed by atoms with Crippen molar-refractivity contribution in [3.05, 3.63) is 47.2 Å². The number of benzene rings is 1. The number of halogens is 1. The van der Waals surface area contributed by atoms with Gasteiger partial charge >= 0.3 is 5.97 Å². The molecule has 0 aliphatic heterocycles. The van der Waals surface area contributed by atoms with E-state index >= 15 is 0 Å². The quantitative estimate of drug-likeness (QED) is 0.848. The van der Waals surface area contributed by atoms with Crippen LogP contribution in [0.25, 0.3) is 5.69 Å². The molecular formula is C10H7ClN2O2. The molecule has 0 atom stereocenters. The molecule has 4 nitrogen and oxygen atoms in total. The number of nitrogens with zero attached hydrogens (tertiary/aromatic N) is 2. The fourth-order valence-electron chi connectivity index (χ4n) is 1.21. The first-order valence-corrected chi connectivity index (χ1v) is 4.60. The number of aromatic nitrogens is 2. The summed E-state index contributed by atoms with van der Waals surface area (Å²) >= 11 is 5.73. The monoisotopic (exact) mass is 222 g/mol. The standard InChI is InChI=1S/C10H7ClN2O2/c11-8-6-13(12-9(8)10(14)15)7-4-2-1-3-5-7/h1-6H,(H,14,15). The maximum atomic E-state index is 10.7. The van der Waals surface area contributed by atoms with Gasteiger partial charge in [0.25, 0.3) is 0 Å². The molecule has 15 heavy (non-hydrogen) atoms. The molecule has 0 radical (unpaired) electrons. The zero-order chi connectivity index (χ0) is 10.8. The van der Waals surface area contributed by atoms with Crippen molar-refractivity contribution in [1.82, 2.24) is 9.78 Å². The Morgan fingerprint density at radius 1 is 1.33 bits per heavy atom. The number of para-hydroxylation sites is 1. The van der Waals surface area contributed by atoms with Gasteiger partial charge in [0, 0.05) is 0 Å². The zero-order valence-electron chi connectivity index (χ0n) is 7.59. The summed E-state index contributed by atoms with van der Waals surface area (Å²) < 4.78 is 1.44. The zero-order valence-corrected chi connectivity index (χ0v) is 8.35. The number of rotatable bonds is 2. The first-order valence-electron chi connectivity index (χ1n) is 4.22. The van der Waals surface area contributed by atoms with E-state index in [0.29, 0.717) is 0 Å². The molecule has 0 fully saturated rings. The number of carbonyl (C=O) groups is 1. The molecule has 2 aromatic rings. The molecule has 2 rings (SSSR count). The third kappa shape index (κ3) is 1.85. The third-order valence-electron chi connectivity index (χ3n) is 1.89. The van der Waals surface area contributed by atoms with Crippen LogP contribution in [0.15, 0.2) is 36.5 Å². The normalized spacial score (nSPS) is 10.2. The van der Waals surface area contributed by atoms with Gasteiger partial charge in [-0.05, 0) is 12.1 Å². The van der Waals surface area contributed by atoms with Crippen molar-refractivity contribution < 1.29 is 9.90 Å². The summed E-state index contributed by atoms with van der Waals surface area (Å²) in [5.41, 5.74) is 0.632. The Bertz CT molecular complexity index is 493. The second-order valence-corrected chi connectivity index (χ2v) is 3.32. The first kappa shape index (κ1) is 9.73. The van der Waals surface area contributed by atoms with Crippen LogP contribution >= 0.6 is 11.6 Å². The van der Waals surface area contributed by atoms with Crippen LogP contribution in [0.2, 0.25) is 5.02 Å². The summed E-state index contributed by atoms with van der Waals surface area (Å²) in [6, 6.07) is 9.17. The van der Waals surface area contributed by atoms with Crippen LogP contribution < -0.4 is 0 Å². The summed E-state index contributed by atoms with van der Waals surface area (Å²) in [5.74, 6) is -1.13. The highest BCUT2D eigenvalue weighted by molar-refractivity contribution is 6.33. The van der Waals surface area contributed by atoms with Gasteiger partial charge in [-0.2, -0.15) is 5.10 Å². The number of carboxylic acid groups (broad SMARTS) is 1. The molecule has 1 N–H and O–H groups in total. The maximum Gasteiger partial charge on any atom is 0.357 e. The lowest BCUT2D eigenvalue weighted by Gasteiger charge is -1.98. The number of aromatic carboxylic acids is 1. The third-order valence-corrected chi connectivity index (χ3v) is 2.17. The molecule has 1 heterocycles. The minimum absolute atomic E-state index is 0.131. The highest BCUT2D eigenvalue weighted by Gasteiger charge is 2.14. The van der Waals surface area contributed by atoms with Crippen LogP contribution in [0.3, 0.4) is 0 Å². The second kappa shape index (κ2) is 3.74. The van der Waals surface area contributed by atoms with Crippen LogP contribution in [0.1, 0.15) is 10.5 Å². The van der Waals surface area contributed by atoms with Gasteiger partial charge in [0.15, 0.2) is 5.69 Å². The Labute approximate surface area is 90.7 Å². The van der Waals surface area contributed by atoms with E-state index in [1.54, 1.807) is 0 Å². The van der Waals surface area contributed by atoms with E-state index < -0.39 is 5.97 Å². The Balaban J connectivity index is 2.48. The van der Waals surface area contributed by atoms with E-state index in [-0.39, 0.29) is 10.7 Å². The summed E-state index contributed by atoms with van der Waals surface area (Å²) in [6.07, 6.45) is 1.47. The van der Waals surface area contributed by atoms with Gasteiger partial charge < -0.3 is 5.11 Å². The molecule has 0 spiro atoms. The molecule has 1 aromatic carbocycles. The van der Waals surface area contributed by atoms with Gasteiger partial charge in [-0.15, -0.1) is 0 Å². The summed E-state index contributed by atoms with van der Waals surface area (Å²) in [7, 11) is 0. The summed E-state index contributed by atoms with van der Waals surface area (Å²) in [4.78, 5) is 10.7. The molecule has 1 aromatic heterocycles. The fraction of sp³-hybridized carbons (Fsp3) is 0. The van der Waals surface area contributed by atoms with E-state index in [4.69, 9.17) is 16.7 Å². The Kier molecular flexibility index (Phi) is 2.43. The molecule has 0 unspecified atom stereocenters. The summed E-state index contributed by atoms with van der Waals surface area (Å²) in [5, 5.41) is 12.8. The molecule has 0 aliphatic rings. The predicted molar refractivity (Wildman–Crippen MR) is 55.5 cm³/mol. The van der Waals surface area contributed by atoms with Crippen molar-refractivity contribution in [2.24, 2.45) is 0 Å². The molecule has 0 saturated heterocycles. The average molecular weight is 223 g/mol. The van der Waals surface area contributed by atoms with Gasteiger partial charge in [-0.1, -0.05) is 29.8 Å². The van der Waals surface area contributed by atoms with E-state index in [9.17, 15) is 4.79 Å². The first-order chi connectivity index (χ1) is 7.18. The molecule has 0 aliphatic carbocycles. The van der Waals surface area contributed by atoms with Gasteiger partial charge in [-0.25, -0.2) is 9.48 Å². The highest BCUT2D eigenvalue weighted by atomic mass is 35.5. The SMILES string of the molecule is O=C(O)c1nn(-c2ccccc2)cc1Cl. The largest absolute Gasteiger partial charge is 0.476 e. The van der Waals surface area contributed by atoms with Crippen molar-refractivity contribution in [3.63, 3.8) is 0 Å². The maximum absolute atomic E-state index is 10.7. The fourth-order valence-corrected chi connectivity index (χ4v) is 1.42. The summed E-state index contributed by atoms with van der Waals surface area (Å²) in [6.45, 7) is 0. The number of carboxylic acids is 1. The van der Waals surface area contributed by atoms with Crippen LogP contribution in [0, 0.1) is 0 Å². The van der Waals surface area contributed by atoms with Crippen LogP contribution in [0.5, 0.6) is 0 Å². The molecule has 0 saturated carbocycles. The second-order valence-electron chi connectivity index (χ2n) is 2.91. The molecule has 5 heteroatoms. The van der Waals surface area contributed by atoms with Gasteiger partial charge in [-0.3, -0.25) is 0 Å². The van der Waals surface area contributed by atoms with E-state index in [0.717, 1.165) is 5.69 Å². The molecule has 76 valence electrons. The minimum atomic E-state index is -1.13. The Morgan fingerprint density at radius 3 is 2.53 bits per heavy atom. The van der Waals surface area contributed by atoms with E-state index in [2.05, 4.69) is 5.10 Å². The van der Waals surface area contributed by atoms with Crippen LogP contribution in [0.4, 0.5) is 0 Å². The topological polar surface area (TPSA) is 55.1 Å². The lowest BCUT2D eigenvalue weighted by molar-refractivity contribution is 0.0690. The van der Waals surface area contributed by atoms with E-state index in [1.807, 2.05) is 30.3 Å². The van der Waals surface area contributed by atoms with Gasteiger partial charge in [0.2, 0.25) is 0 Å². The lowest BCUT2D eigenvalue weighted by Crippen LogP contribution is -2.00. The Hall–Kier alpha value is -1.81. The lowest BCUT2D eigenvalue weighted by atomic mass is 10.3. The van der Waals surface area contributed by atoms with Gasteiger partial charge in [0.1, 0.15) is 0 Å². The predicted octanol–water partition coefficient (Wildman–Crippen LogP) is 2.22. The van der Waals surface area contributed by atoms with Crippen molar-refractivity contribution in [1.29, 1.82) is 0 Å². The van der Waals surface area contributed by atoms with Crippen molar-refractivity contribution in [2.75, 3.05) is 0 Å². The molecule has 0 amide bonds. The number of hydrogen-bond donors (Lipinski definition) is 1. The van der Waals surface area contributed by atoms with Crippen molar-refractivity contribution in [3.8, 4) is 5.69 Å². The van der Waals surface area contributed by atoms with Crippen LogP contribution in [-0.2, 0) is 0 Å². The van der Waals surface area contributed by atoms with Gasteiger partial charge in [0.05, 0.1) is 16.9 Å². The highest BCUT2D eigenvalue weighted by Crippen LogP contribution is 2.16. The smallest absolute Gasteiger partial charge is 0.357 e. The average Bonchev–Trinajstić information content (AvgIpc) is 2.62. The molecular weight excluding hydrogens is 216 g/mol. The molecule has 0 bridgehead atoms. The van der Waals surface area contributed by atoms with E-state index in [1.165, 1.54) is 10.9 Å².